The molecular weight excluding hydrogens is 411 g/mol. The van der Waals surface area contributed by atoms with Crippen LogP contribution < -0.4 is 5.32 Å². The molecule has 0 spiro atoms. The number of carbonyl (C=O) groups is 3. The summed E-state index contributed by atoms with van der Waals surface area (Å²) in [6, 6.07) is 12.2. The Morgan fingerprint density at radius 1 is 1.19 bits per heavy atom. The zero-order valence-corrected chi connectivity index (χ0v) is 17.8. The van der Waals surface area contributed by atoms with Gasteiger partial charge in [-0.25, -0.2) is 14.1 Å². The molecular formula is C24H23FN4O3. The maximum atomic E-state index is 13.6. The molecule has 2 N–H and O–H groups in total. The first kappa shape index (κ1) is 20.2. The number of H-pyrrole nitrogens is 1. The standard InChI is InChI=1S/C24H23FN4O3/c1-14(21(30)26-13-15-7-9-16(25)10-8-15)29-22(31)24(2)20-18(11-12-28(24)23(29)32)17-5-3-4-6-19(17)27-20/h3-10,14,27H,11-13H2,1-2H3,(H,26,30). The summed E-state index contributed by atoms with van der Waals surface area (Å²) in [5.74, 6) is -1.22. The lowest BCUT2D eigenvalue weighted by atomic mass is 9.87. The number of fused-ring (bicyclic) bond motifs is 5. The van der Waals surface area contributed by atoms with Crippen molar-refractivity contribution in [3.05, 3.63) is 71.2 Å². The van der Waals surface area contributed by atoms with Crippen molar-refractivity contribution < 1.29 is 18.8 Å². The van der Waals surface area contributed by atoms with E-state index in [1.54, 1.807) is 30.9 Å². The number of nitrogens with one attached hydrogen (secondary N) is 2. The van der Waals surface area contributed by atoms with Crippen LogP contribution in [0.1, 0.15) is 30.7 Å². The summed E-state index contributed by atoms with van der Waals surface area (Å²) in [7, 11) is 0. The van der Waals surface area contributed by atoms with Gasteiger partial charge in [-0.2, -0.15) is 0 Å². The minimum atomic E-state index is -1.19. The molecule has 32 heavy (non-hydrogen) atoms. The third kappa shape index (κ3) is 2.82. The Labute approximate surface area is 184 Å². The topological polar surface area (TPSA) is 85.5 Å². The Morgan fingerprint density at radius 2 is 1.91 bits per heavy atom. The van der Waals surface area contributed by atoms with E-state index >= 15 is 0 Å². The normalized spacial score (nSPS) is 21.0. The lowest BCUT2D eigenvalue weighted by Gasteiger charge is -2.36. The molecule has 4 amide bonds. The fourth-order valence-corrected chi connectivity index (χ4v) is 4.82. The van der Waals surface area contributed by atoms with Crippen molar-refractivity contribution in [2.24, 2.45) is 0 Å². The van der Waals surface area contributed by atoms with Crippen LogP contribution in [-0.4, -0.2) is 45.2 Å². The van der Waals surface area contributed by atoms with Crippen LogP contribution in [-0.2, 0) is 28.1 Å². The van der Waals surface area contributed by atoms with Gasteiger partial charge in [-0.05, 0) is 49.6 Å². The zero-order chi connectivity index (χ0) is 22.6. The van der Waals surface area contributed by atoms with E-state index in [4.69, 9.17) is 0 Å². The summed E-state index contributed by atoms with van der Waals surface area (Å²) in [5, 5.41) is 3.79. The second-order valence-corrected chi connectivity index (χ2v) is 8.48. The Kier molecular flexibility index (Phi) is 4.54. The number of aromatic amines is 1. The molecule has 164 valence electrons. The number of aromatic nitrogens is 1. The number of benzene rings is 2. The van der Waals surface area contributed by atoms with Crippen LogP contribution >= 0.6 is 0 Å². The maximum absolute atomic E-state index is 13.6. The average Bonchev–Trinajstić information content (AvgIpc) is 3.26. The van der Waals surface area contributed by atoms with E-state index in [1.807, 2.05) is 24.3 Å². The van der Waals surface area contributed by atoms with Gasteiger partial charge in [0.25, 0.3) is 5.91 Å². The van der Waals surface area contributed by atoms with Crippen LogP contribution in [0.25, 0.3) is 10.9 Å². The van der Waals surface area contributed by atoms with Crippen LogP contribution in [0.4, 0.5) is 9.18 Å². The highest BCUT2D eigenvalue weighted by atomic mass is 19.1. The van der Waals surface area contributed by atoms with E-state index in [2.05, 4.69) is 10.3 Å². The number of para-hydroxylation sites is 1. The number of carbonyl (C=O) groups excluding carboxylic acids is 3. The van der Waals surface area contributed by atoms with E-state index in [9.17, 15) is 18.8 Å². The molecule has 0 aliphatic carbocycles. The summed E-state index contributed by atoms with van der Waals surface area (Å²) in [4.78, 5) is 45.6. The SMILES string of the molecule is CC(C(=O)NCc1ccc(F)cc1)N1C(=O)N2CCc3c([nH]c4ccccc34)C2(C)C1=O. The second-order valence-electron chi connectivity index (χ2n) is 8.48. The zero-order valence-electron chi connectivity index (χ0n) is 17.8. The number of urea groups is 1. The Bertz CT molecular complexity index is 1250. The Balaban J connectivity index is 1.41. The Hall–Kier alpha value is -3.68. The molecule has 1 saturated heterocycles. The minimum absolute atomic E-state index is 0.173. The smallest absolute Gasteiger partial charge is 0.328 e. The van der Waals surface area contributed by atoms with Crippen LogP contribution in [0.2, 0.25) is 0 Å². The van der Waals surface area contributed by atoms with Crippen molar-refractivity contribution in [1.29, 1.82) is 0 Å². The molecule has 3 aromatic rings. The highest BCUT2D eigenvalue weighted by Crippen LogP contribution is 2.44. The third-order valence-corrected chi connectivity index (χ3v) is 6.64. The maximum Gasteiger partial charge on any atom is 0.328 e. The third-order valence-electron chi connectivity index (χ3n) is 6.64. The van der Waals surface area contributed by atoms with Crippen LogP contribution in [0.3, 0.4) is 0 Å². The van der Waals surface area contributed by atoms with Gasteiger partial charge >= 0.3 is 6.03 Å². The van der Waals surface area contributed by atoms with Crippen molar-refractivity contribution in [3.63, 3.8) is 0 Å². The first-order valence-electron chi connectivity index (χ1n) is 10.6. The van der Waals surface area contributed by atoms with Gasteiger partial charge in [-0.1, -0.05) is 30.3 Å². The molecule has 7 nitrogen and oxygen atoms in total. The van der Waals surface area contributed by atoms with Gasteiger partial charge in [0, 0.05) is 24.0 Å². The number of amides is 4. The molecule has 8 heteroatoms. The van der Waals surface area contributed by atoms with Gasteiger partial charge in [0.05, 0.1) is 5.69 Å². The highest BCUT2D eigenvalue weighted by molar-refractivity contribution is 6.10. The molecule has 0 saturated carbocycles. The summed E-state index contributed by atoms with van der Waals surface area (Å²) in [6.45, 7) is 3.86. The van der Waals surface area contributed by atoms with E-state index in [-0.39, 0.29) is 12.4 Å². The molecule has 1 fully saturated rings. The highest BCUT2D eigenvalue weighted by Gasteiger charge is 2.60. The predicted octanol–water partition coefficient (Wildman–Crippen LogP) is 3.05. The van der Waals surface area contributed by atoms with Crippen LogP contribution in [0.15, 0.2) is 48.5 Å². The molecule has 2 aliphatic heterocycles. The molecule has 2 atom stereocenters. The Morgan fingerprint density at radius 3 is 2.66 bits per heavy atom. The monoisotopic (exact) mass is 434 g/mol. The number of hydrogen-bond donors (Lipinski definition) is 2. The molecule has 2 unspecified atom stereocenters. The number of halogens is 1. The van der Waals surface area contributed by atoms with Crippen molar-refractivity contribution in [2.75, 3.05) is 6.54 Å². The average molecular weight is 434 g/mol. The van der Waals surface area contributed by atoms with Crippen LogP contribution in [0.5, 0.6) is 0 Å². The van der Waals surface area contributed by atoms with Crippen molar-refractivity contribution in [1.82, 2.24) is 20.1 Å². The summed E-state index contributed by atoms with van der Waals surface area (Å²) >= 11 is 0. The molecule has 0 radical (unpaired) electrons. The number of rotatable bonds is 4. The second kappa shape index (κ2) is 7.19. The van der Waals surface area contributed by atoms with Crippen molar-refractivity contribution in [3.8, 4) is 0 Å². The molecule has 1 aromatic heterocycles. The first-order chi connectivity index (χ1) is 15.3. The largest absolute Gasteiger partial charge is 0.356 e. The minimum Gasteiger partial charge on any atom is -0.356 e. The predicted molar refractivity (Wildman–Crippen MR) is 116 cm³/mol. The van der Waals surface area contributed by atoms with Gasteiger partial charge in [0.1, 0.15) is 11.9 Å². The molecule has 0 bridgehead atoms. The van der Waals surface area contributed by atoms with Gasteiger partial charge < -0.3 is 15.2 Å². The quantitative estimate of drug-likeness (QED) is 0.619. The summed E-state index contributed by atoms with van der Waals surface area (Å²) < 4.78 is 13.1. The summed E-state index contributed by atoms with van der Waals surface area (Å²) in [5.41, 5.74) is 2.21. The molecule has 5 rings (SSSR count). The summed E-state index contributed by atoms with van der Waals surface area (Å²) in [6.07, 6.45) is 0.632. The number of hydrogen-bond acceptors (Lipinski definition) is 3. The van der Waals surface area contributed by atoms with Crippen LogP contribution in [0, 0.1) is 5.82 Å². The number of imide groups is 1. The van der Waals surface area contributed by atoms with Gasteiger partial charge in [0.2, 0.25) is 5.91 Å². The fraction of sp³-hybridized carbons (Fsp3) is 0.292. The van der Waals surface area contributed by atoms with Gasteiger partial charge in [-0.3, -0.25) is 9.59 Å². The van der Waals surface area contributed by atoms with Gasteiger partial charge in [0.15, 0.2) is 5.54 Å². The molecule has 2 aliphatic rings. The van der Waals surface area contributed by atoms with E-state index in [0.717, 1.165) is 26.9 Å². The lowest BCUT2D eigenvalue weighted by molar-refractivity contribution is -0.139. The van der Waals surface area contributed by atoms with E-state index in [0.29, 0.717) is 18.7 Å². The van der Waals surface area contributed by atoms with Crippen molar-refractivity contribution in [2.45, 2.75) is 38.4 Å². The molecule has 3 heterocycles. The fourth-order valence-electron chi connectivity index (χ4n) is 4.82. The first-order valence-corrected chi connectivity index (χ1v) is 10.6. The van der Waals surface area contributed by atoms with Gasteiger partial charge in [-0.15, -0.1) is 0 Å². The lowest BCUT2D eigenvalue weighted by Crippen LogP contribution is -2.49. The number of nitrogens with zero attached hydrogens (tertiary/aromatic N) is 2. The van der Waals surface area contributed by atoms with E-state index < -0.39 is 29.4 Å². The van der Waals surface area contributed by atoms with E-state index in [1.165, 1.54) is 12.1 Å². The van der Waals surface area contributed by atoms with Crippen molar-refractivity contribution >= 4 is 28.7 Å². The molecule has 2 aromatic carbocycles.